The number of nitriles is 2. The first-order chi connectivity index (χ1) is 8.67. The Hall–Kier alpha value is -1.71. The molecule has 0 atom stereocenters. The average Bonchev–Trinajstić information content (AvgIpc) is 2.74. The molecule has 1 aliphatic rings. The summed E-state index contributed by atoms with van der Waals surface area (Å²) in [6.45, 7) is 1.97. The summed E-state index contributed by atoms with van der Waals surface area (Å²) < 4.78 is 0.785. The van der Waals surface area contributed by atoms with E-state index < -0.39 is 0 Å². The van der Waals surface area contributed by atoms with Gasteiger partial charge in [-0.05, 0) is 0 Å². The van der Waals surface area contributed by atoms with Crippen molar-refractivity contribution in [3.8, 4) is 12.1 Å². The van der Waals surface area contributed by atoms with Gasteiger partial charge in [-0.15, -0.1) is 0 Å². The monoisotopic (exact) mass is 321 g/mol. The van der Waals surface area contributed by atoms with Gasteiger partial charge >= 0.3 is 117 Å². The van der Waals surface area contributed by atoms with Crippen LogP contribution in [-0.4, -0.2) is 15.0 Å². The Balaban J connectivity index is 2.50. The van der Waals surface area contributed by atoms with Gasteiger partial charge in [0.2, 0.25) is 0 Å². The van der Waals surface area contributed by atoms with Crippen LogP contribution in [0.2, 0.25) is 5.02 Å². The van der Waals surface area contributed by atoms with Gasteiger partial charge in [0.05, 0.1) is 0 Å². The number of benzene rings is 1. The Labute approximate surface area is 117 Å². The van der Waals surface area contributed by atoms with Gasteiger partial charge in [-0.25, -0.2) is 0 Å². The minimum absolute atomic E-state index is 0.0184. The van der Waals surface area contributed by atoms with E-state index in [2.05, 4.69) is 4.97 Å². The van der Waals surface area contributed by atoms with Crippen LogP contribution >= 0.6 is 11.6 Å². The average molecular weight is 321 g/mol. The summed E-state index contributed by atoms with van der Waals surface area (Å²) in [5, 5.41) is 18.6. The maximum absolute atomic E-state index is 8.99. The molecule has 1 aromatic rings. The van der Waals surface area contributed by atoms with Crippen molar-refractivity contribution in [2.75, 3.05) is 4.90 Å². The van der Waals surface area contributed by atoms with Crippen LogP contribution in [0.15, 0.2) is 45.1 Å². The van der Waals surface area contributed by atoms with E-state index in [0.717, 1.165) is 16.0 Å². The third-order valence-electron chi connectivity index (χ3n) is 2.42. The zero-order chi connectivity index (χ0) is 13.1. The molecule has 88 valence electrons. The van der Waals surface area contributed by atoms with Crippen molar-refractivity contribution in [1.29, 1.82) is 10.5 Å². The zero-order valence-corrected chi connectivity index (χ0v) is 12.0. The predicted octanol–water partition coefficient (Wildman–Crippen LogP) is 2.98. The second-order valence-corrected chi connectivity index (χ2v) is 5.83. The molecule has 0 aromatic heterocycles. The Morgan fingerprint density at radius 3 is 2.39 bits per heavy atom. The molecule has 18 heavy (non-hydrogen) atoms. The Bertz CT molecular complexity index is 601. The second kappa shape index (κ2) is 5.29. The van der Waals surface area contributed by atoms with Gasteiger partial charge in [0, 0.05) is 0 Å². The van der Waals surface area contributed by atoms with E-state index >= 15 is 0 Å². The van der Waals surface area contributed by atoms with E-state index in [0.29, 0.717) is 5.02 Å². The third kappa shape index (κ3) is 2.28. The van der Waals surface area contributed by atoms with Crippen molar-refractivity contribution in [2.24, 2.45) is 0 Å². The summed E-state index contributed by atoms with van der Waals surface area (Å²) in [5.74, 6) is 0. The number of nitrogens with zero attached hydrogens (tertiary/aromatic N) is 3. The quantitative estimate of drug-likeness (QED) is 0.590. The van der Waals surface area contributed by atoms with Crippen molar-refractivity contribution >= 4 is 32.2 Å². The van der Waals surface area contributed by atoms with Crippen molar-refractivity contribution in [3.05, 3.63) is 50.1 Å². The van der Waals surface area contributed by atoms with Crippen molar-refractivity contribution < 1.29 is 0 Å². The molecule has 0 N–H and O–H groups in total. The molecule has 1 aliphatic heterocycles. The van der Waals surface area contributed by atoms with E-state index in [1.54, 1.807) is 12.1 Å². The van der Waals surface area contributed by atoms with Crippen LogP contribution < -0.4 is 4.90 Å². The number of rotatable bonds is 1. The molecular formula is C13H8ClN3Se. The minimum atomic E-state index is 0.0184. The van der Waals surface area contributed by atoms with E-state index in [-0.39, 0.29) is 20.5 Å². The molecule has 3 nitrogen and oxygen atoms in total. The van der Waals surface area contributed by atoms with Gasteiger partial charge in [0.15, 0.2) is 0 Å². The van der Waals surface area contributed by atoms with Crippen LogP contribution in [0.1, 0.15) is 6.92 Å². The molecule has 0 saturated carbocycles. The molecule has 0 fully saturated rings. The first kappa shape index (κ1) is 12.7. The van der Waals surface area contributed by atoms with Gasteiger partial charge in [-0.2, -0.15) is 0 Å². The summed E-state index contributed by atoms with van der Waals surface area (Å²) >= 11 is 5.88. The van der Waals surface area contributed by atoms with Crippen LogP contribution in [0.4, 0.5) is 5.69 Å². The normalized spacial score (nSPS) is 13.9. The van der Waals surface area contributed by atoms with E-state index in [9.17, 15) is 0 Å². The standard InChI is InChI=1S/C13H8ClN3Se/c1-9-8-18-13(10(6-15)7-16)17(9)12-4-2-11(14)3-5-12/h2-5,8H,1H3. The fourth-order valence-electron chi connectivity index (χ4n) is 1.61. The summed E-state index contributed by atoms with van der Waals surface area (Å²) in [4.78, 5) is 4.00. The summed E-state index contributed by atoms with van der Waals surface area (Å²) in [6.07, 6.45) is 0. The maximum atomic E-state index is 8.99. The van der Waals surface area contributed by atoms with Gasteiger partial charge in [-0.1, -0.05) is 0 Å². The zero-order valence-electron chi connectivity index (χ0n) is 9.51. The molecule has 0 unspecified atom stereocenters. The van der Waals surface area contributed by atoms with Gasteiger partial charge in [0.1, 0.15) is 0 Å². The topological polar surface area (TPSA) is 50.8 Å². The molecule has 0 amide bonds. The van der Waals surface area contributed by atoms with E-state index in [1.165, 1.54) is 0 Å². The van der Waals surface area contributed by atoms with E-state index in [4.69, 9.17) is 22.1 Å². The SMILES string of the molecule is CC1=C[Se]C(=C(C#N)C#N)N1c1ccc(Cl)cc1. The van der Waals surface area contributed by atoms with Crippen molar-refractivity contribution in [1.82, 2.24) is 0 Å². The molecule has 2 rings (SSSR count). The van der Waals surface area contributed by atoms with Gasteiger partial charge in [0.25, 0.3) is 0 Å². The number of allylic oxidation sites excluding steroid dienone is 2. The molecule has 5 heteroatoms. The van der Waals surface area contributed by atoms with Gasteiger partial charge in [-0.3, -0.25) is 0 Å². The molecule has 1 aromatic carbocycles. The van der Waals surface area contributed by atoms with Crippen LogP contribution in [0.3, 0.4) is 0 Å². The Morgan fingerprint density at radius 1 is 1.22 bits per heavy atom. The fourth-order valence-corrected chi connectivity index (χ4v) is 3.73. The number of halogens is 1. The molecule has 0 spiro atoms. The molecule has 0 radical (unpaired) electrons. The van der Waals surface area contributed by atoms with Crippen molar-refractivity contribution in [3.63, 3.8) is 0 Å². The predicted molar refractivity (Wildman–Crippen MR) is 71.7 cm³/mol. The molecule has 0 bridgehead atoms. The van der Waals surface area contributed by atoms with Crippen molar-refractivity contribution in [2.45, 2.75) is 6.92 Å². The number of hydrogen-bond acceptors (Lipinski definition) is 3. The number of hydrogen-bond donors (Lipinski definition) is 0. The Kier molecular flexibility index (Phi) is 3.74. The van der Waals surface area contributed by atoms with Gasteiger partial charge < -0.3 is 0 Å². The molecule has 1 heterocycles. The van der Waals surface area contributed by atoms with E-state index in [1.807, 2.05) is 36.1 Å². The summed E-state index contributed by atoms with van der Waals surface area (Å²) in [7, 11) is 0. The van der Waals surface area contributed by atoms with Crippen LogP contribution in [0.25, 0.3) is 0 Å². The first-order valence-corrected chi connectivity index (χ1v) is 7.33. The summed E-state index contributed by atoms with van der Waals surface area (Å²) in [5.41, 5.74) is 2.14. The van der Waals surface area contributed by atoms with Crippen LogP contribution in [-0.2, 0) is 0 Å². The van der Waals surface area contributed by atoms with Crippen LogP contribution in [0, 0.1) is 22.7 Å². The second-order valence-electron chi connectivity index (χ2n) is 3.59. The molecular weight excluding hydrogens is 313 g/mol. The first-order valence-electron chi connectivity index (χ1n) is 5.11. The fraction of sp³-hybridized carbons (Fsp3) is 0.0769. The Morgan fingerprint density at radius 2 is 1.83 bits per heavy atom. The number of anilines is 1. The van der Waals surface area contributed by atoms with Crippen LogP contribution in [0.5, 0.6) is 0 Å². The molecule has 0 aliphatic carbocycles. The third-order valence-corrected chi connectivity index (χ3v) is 4.91. The molecule has 0 saturated heterocycles. The summed E-state index contributed by atoms with van der Waals surface area (Å²) in [6, 6.07) is 11.3.